The highest BCUT2D eigenvalue weighted by atomic mass is 16.6. The standard InChI is InChI=1S/C25H33N3O7/c1-5-6-13-33-20-12-11-19(26-15-20)14-21(27-24(31)35-25(2,3)4)23(30)34-16-17-7-9-18(10-8-17)22(29)28-32/h7-12,15,21,32H,5-6,13-14,16H2,1-4H3,(H,27,31)(H,28,29)/t21-/m1/s1. The predicted octanol–water partition coefficient (Wildman–Crippen LogP) is 3.56. The Balaban J connectivity index is 2.05. The number of nitrogens with zero attached hydrogens (tertiary/aromatic N) is 1. The Morgan fingerprint density at radius 3 is 2.37 bits per heavy atom. The number of alkyl carbamates (subject to hydrolysis) is 1. The van der Waals surface area contributed by atoms with Gasteiger partial charge in [0.1, 0.15) is 24.0 Å². The summed E-state index contributed by atoms with van der Waals surface area (Å²) < 4.78 is 16.3. The van der Waals surface area contributed by atoms with Crippen LogP contribution < -0.4 is 15.5 Å². The molecule has 0 aliphatic heterocycles. The Morgan fingerprint density at radius 1 is 1.09 bits per heavy atom. The molecule has 0 fully saturated rings. The van der Waals surface area contributed by atoms with E-state index in [9.17, 15) is 14.4 Å². The van der Waals surface area contributed by atoms with Crippen molar-refractivity contribution in [1.29, 1.82) is 0 Å². The number of rotatable bonds is 11. The van der Waals surface area contributed by atoms with Crippen molar-refractivity contribution in [2.24, 2.45) is 0 Å². The van der Waals surface area contributed by atoms with Gasteiger partial charge in [0, 0.05) is 17.7 Å². The molecule has 1 aromatic heterocycles. The first kappa shape index (κ1) is 27.6. The summed E-state index contributed by atoms with van der Waals surface area (Å²) in [5.41, 5.74) is 2.24. The molecular weight excluding hydrogens is 454 g/mol. The average molecular weight is 488 g/mol. The van der Waals surface area contributed by atoms with Gasteiger partial charge in [0.2, 0.25) is 0 Å². The van der Waals surface area contributed by atoms with E-state index in [-0.39, 0.29) is 18.6 Å². The molecule has 2 aromatic rings. The van der Waals surface area contributed by atoms with Crippen LogP contribution >= 0.6 is 0 Å². The van der Waals surface area contributed by atoms with Crippen molar-refractivity contribution in [2.75, 3.05) is 6.61 Å². The van der Waals surface area contributed by atoms with Crippen molar-refractivity contribution in [1.82, 2.24) is 15.8 Å². The van der Waals surface area contributed by atoms with Crippen LogP contribution in [0.5, 0.6) is 5.75 Å². The Morgan fingerprint density at radius 2 is 1.80 bits per heavy atom. The second-order valence-electron chi connectivity index (χ2n) is 8.84. The summed E-state index contributed by atoms with van der Waals surface area (Å²) in [6.45, 7) is 7.76. The minimum absolute atomic E-state index is 0.0794. The third kappa shape index (κ3) is 10.0. The number of esters is 1. The van der Waals surface area contributed by atoms with Crippen molar-refractivity contribution < 1.29 is 33.8 Å². The van der Waals surface area contributed by atoms with Gasteiger partial charge in [-0.05, 0) is 57.0 Å². The maximum atomic E-state index is 12.8. The van der Waals surface area contributed by atoms with Gasteiger partial charge in [-0.1, -0.05) is 25.5 Å². The molecule has 10 nitrogen and oxygen atoms in total. The van der Waals surface area contributed by atoms with Crippen LogP contribution in [0.2, 0.25) is 0 Å². The van der Waals surface area contributed by atoms with E-state index >= 15 is 0 Å². The lowest BCUT2D eigenvalue weighted by Crippen LogP contribution is -2.45. The van der Waals surface area contributed by atoms with Crippen molar-refractivity contribution >= 4 is 18.0 Å². The molecule has 0 aliphatic carbocycles. The number of carbonyl (C=O) groups is 3. The molecule has 0 bridgehead atoms. The monoisotopic (exact) mass is 487 g/mol. The molecule has 0 radical (unpaired) electrons. The molecule has 190 valence electrons. The first-order valence-electron chi connectivity index (χ1n) is 11.4. The molecule has 0 spiro atoms. The lowest BCUT2D eigenvalue weighted by atomic mass is 10.1. The zero-order valence-electron chi connectivity index (χ0n) is 20.5. The number of pyridine rings is 1. The number of ether oxygens (including phenoxy) is 3. The van der Waals surface area contributed by atoms with Gasteiger partial charge in [0.15, 0.2) is 0 Å². The van der Waals surface area contributed by atoms with Gasteiger partial charge in [0.25, 0.3) is 5.91 Å². The molecule has 1 heterocycles. The van der Waals surface area contributed by atoms with E-state index in [1.54, 1.807) is 56.7 Å². The Hall–Kier alpha value is -3.66. The fraction of sp³-hybridized carbons (Fsp3) is 0.440. The fourth-order valence-corrected chi connectivity index (χ4v) is 2.88. The van der Waals surface area contributed by atoms with E-state index in [4.69, 9.17) is 19.4 Å². The largest absolute Gasteiger partial charge is 0.492 e. The second kappa shape index (κ2) is 13.3. The fourth-order valence-electron chi connectivity index (χ4n) is 2.88. The molecular formula is C25H33N3O7. The lowest BCUT2D eigenvalue weighted by molar-refractivity contribution is -0.147. The van der Waals surface area contributed by atoms with E-state index in [0.717, 1.165) is 12.8 Å². The van der Waals surface area contributed by atoms with Crippen LogP contribution in [0.3, 0.4) is 0 Å². The molecule has 2 amide bonds. The van der Waals surface area contributed by atoms with Gasteiger partial charge in [0.05, 0.1) is 12.8 Å². The highest BCUT2D eigenvalue weighted by Crippen LogP contribution is 2.13. The Labute approximate surface area is 204 Å². The molecule has 0 aliphatic rings. The summed E-state index contributed by atoms with van der Waals surface area (Å²) >= 11 is 0. The second-order valence-corrected chi connectivity index (χ2v) is 8.84. The van der Waals surface area contributed by atoms with Crippen LogP contribution in [0.1, 0.15) is 62.2 Å². The van der Waals surface area contributed by atoms with Gasteiger partial charge >= 0.3 is 12.1 Å². The molecule has 2 rings (SSSR count). The highest BCUT2D eigenvalue weighted by molar-refractivity contribution is 5.93. The number of amides is 2. The SMILES string of the molecule is CCCCOc1ccc(C[C@@H](NC(=O)OC(C)(C)C)C(=O)OCc2ccc(C(=O)NO)cc2)nc1. The number of nitrogens with one attached hydrogen (secondary N) is 2. The summed E-state index contributed by atoms with van der Waals surface area (Å²) in [5, 5.41) is 11.3. The summed E-state index contributed by atoms with van der Waals surface area (Å²) in [7, 11) is 0. The molecule has 10 heteroatoms. The third-order valence-electron chi connectivity index (χ3n) is 4.65. The number of carbonyl (C=O) groups excluding carboxylic acids is 3. The first-order chi connectivity index (χ1) is 16.6. The van der Waals surface area contributed by atoms with Gasteiger partial charge in [-0.25, -0.2) is 15.1 Å². The third-order valence-corrected chi connectivity index (χ3v) is 4.65. The maximum Gasteiger partial charge on any atom is 0.408 e. The number of benzene rings is 1. The van der Waals surface area contributed by atoms with Crippen LogP contribution in [0.25, 0.3) is 0 Å². The normalized spacial score (nSPS) is 11.8. The van der Waals surface area contributed by atoms with Crippen LogP contribution in [-0.4, -0.2) is 46.4 Å². The van der Waals surface area contributed by atoms with Crippen molar-refractivity contribution in [3.63, 3.8) is 0 Å². The predicted molar refractivity (Wildman–Crippen MR) is 127 cm³/mol. The highest BCUT2D eigenvalue weighted by Gasteiger charge is 2.26. The van der Waals surface area contributed by atoms with Gasteiger partial charge in [-0.3, -0.25) is 15.0 Å². The lowest BCUT2D eigenvalue weighted by Gasteiger charge is -2.23. The van der Waals surface area contributed by atoms with E-state index in [0.29, 0.717) is 23.6 Å². The van der Waals surface area contributed by atoms with Crippen molar-refractivity contribution in [3.8, 4) is 5.75 Å². The number of hydrogen-bond donors (Lipinski definition) is 3. The quantitative estimate of drug-likeness (QED) is 0.189. The molecule has 0 unspecified atom stereocenters. The summed E-state index contributed by atoms with van der Waals surface area (Å²) in [5.74, 6) is -0.692. The van der Waals surface area contributed by atoms with Crippen LogP contribution in [0, 0.1) is 0 Å². The van der Waals surface area contributed by atoms with Crippen LogP contribution in [-0.2, 0) is 27.3 Å². The van der Waals surface area contributed by atoms with E-state index < -0.39 is 29.6 Å². The minimum atomic E-state index is -1.04. The van der Waals surface area contributed by atoms with Gasteiger partial charge in [-0.15, -0.1) is 0 Å². The molecule has 0 saturated carbocycles. The number of hydroxylamine groups is 1. The van der Waals surface area contributed by atoms with Crippen molar-refractivity contribution in [2.45, 2.75) is 65.2 Å². The average Bonchev–Trinajstić information content (AvgIpc) is 2.82. The number of unbranched alkanes of at least 4 members (excludes halogenated alkanes) is 1. The van der Waals surface area contributed by atoms with Crippen LogP contribution in [0.4, 0.5) is 4.79 Å². The summed E-state index contributed by atoms with van der Waals surface area (Å²) in [6.07, 6.45) is 2.87. The van der Waals surface area contributed by atoms with Crippen LogP contribution in [0.15, 0.2) is 42.6 Å². The maximum absolute atomic E-state index is 12.8. The zero-order valence-corrected chi connectivity index (χ0v) is 20.5. The number of aromatic nitrogens is 1. The smallest absolute Gasteiger partial charge is 0.408 e. The first-order valence-corrected chi connectivity index (χ1v) is 11.4. The molecule has 35 heavy (non-hydrogen) atoms. The van der Waals surface area contributed by atoms with E-state index in [1.165, 1.54) is 12.1 Å². The molecule has 0 saturated heterocycles. The number of hydrogen-bond acceptors (Lipinski definition) is 8. The van der Waals surface area contributed by atoms with Gasteiger partial charge < -0.3 is 19.5 Å². The van der Waals surface area contributed by atoms with E-state index in [1.807, 2.05) is 0 Å². The Bertz CT molecular complexity index is 970. The summed E-state index contributed by atoms with van der Waals surface area (Å²) in [4.78, 5) is 40.9. The topological polar surface area (TPSA) is 136 Å². The Kier molecular flexibility index (Phi) is 10.5. The summed E-state index contributed by atoms with van der Waals surface area (Å²) in [6, 6.07) is 8.60. The van der Waals surface area contributed by atoms with Gasteiger partial charge in [-0.2, -0.15) is 0 Å². The van der Waals surface area contributed by atoms with Crippen molar-refractivity contribution in [3.05, 3.63) is 59.4 Å². The zero-order chi connectivity index (χ0) is 25.8. The molecule has 1 atom stereocenters. The minimum Gasteiger partial charge on any atom is -0.492 e. The molecule has 1 aromatic carbocycles. The van der Waals surface area contributed by atoms with E-state index in [2.05, 4.69) is 17.2 Å². The molecule has 3 N–H and O–H groups in total.